The Hall–Kier alpha value is -7.13. The number of aryl methyl sites for hydroxylation is 1. The molecule has 0 fully saturated rings. The molecule has 1 aliphatic rings. The number of nitrogens with zero attached hydrogens (tertiary/aromatic N) is 3. The minimum Gasteiger partial charge on any atom is -0.509 e. The molecule has 0 saturated heterocycles. The molecule has 0 bridgehead atoms. The molecule has 0 saturated carbocycles. The normalized spacial score (nSPS) is 14.6. The molecule has 5 heteroatoms. The Morgan fingerprint density at radius 1 is 0.521 bits per heavy atom. The molecule has 0 amide bonds. The first kappa shape index (κ1) is 40.4. The smallest absolute Gasteiger partial charge is 0.509 e. The third-order valence-corrected chi connectivity index (χ3v) is 13.6. The van der Waals surface area contributed by atoms with E-state index >= 15 is 0 Å². The second-order valence-electron chi connectivity index (χ2n) is 21.8. The average molecular weight is 1140 g/mol. The van der Waals surface area contributed by atoms with Gasteiger partial charge < -0.3 is 19.1 Å². The van der Waals surface area contributed by atoms with Crippen LogP contribution < -0.4 is 14.5 Å². The zero-order chi connectivity index (χ0) is 57.0. The second-order valence-corrected chi connectivity index (χ2v) is 21.8. The van der Waals surface area contributed by atoms with Gasteiger partial charge in [-0.15, -0.1) is 59.7 Å². The van der Waals surface area contributed by atoms with E-state index in [1.54, 1.807) is 0 Å². The Bertz CT molecular complexity index is 4030. The summed E-state index contributed by atoms with van der Waals surface area (Å²) >= 11 is 0. The van der Waals surface area contributed by atoms with Gasteiger partial charge in [-0.3, -0.25) is 0 Å². The van der Waals surface area contributed by atoms with Crippen molar-refractivity contribution in [3.8, 4) is 50.6 Å². The molecule has 0 spiro atoms. The molecule has 0 atom stereocenters. The predicted octanol–water partition coefficient (Wildman–Crippen LogP) is 18.6. The van der Waals surface area contributed by atoms with Gasteiger partial charge in [0.15, 0.2) is 0 Å². The van der Waals surface area contributed by atoms with Crippen molar-refractivity contribution in [1.29, 1.82) is 0 Å². The summed E-state index contributed by atoms with van der Waals surface area (Å²) in [6, 6.07) is 58.9. The van der Waals surface area contributed by atoms with E-state index < -0.39 is 37.1 Å². The van der Waals surface area contributed by atoms with Crippen LogP contribution in [-0.4, -0.2) is 4.57 Å². The summed E-state index contributed by atoms with van der Waals surface area (Å²) in [7, 11) is 0. The van der Waals surface area contributed by atoms with Crippen LogP contribution >= 0.6 is 0 Å². The van der Waals surface area contributed by atoms with Crippen molar-refractivity contribution < 1.29 is 36.8 Å². The number of benzene rings is 9. The number of fused-ring (bicyclic) bond motifs is 4. The third-order valence-electron chi connectivity index (χ3n) is 13.6. The maximum atomic E-state index is 8.67. The summed E-state index contributed by atoms with van der Waals surface area (Å²) in [5.74, 6) is 0.829. The number of anilines is 4. The summed E-state index contributed by atoms with van der Waals surface area (Å²) in [6.45, 7) is 20.0. The number of rotatable bonds is 8. The number of ether oxygens (including phenoxy) is 1. The number of hydrogen-bond donors (Lipinski definition) is 0. The quantitative estimate of drug-likeness (QED) is 0.141. The molecule has 0 N–H and O–H groups in total. The fourth-order valence-corrected chi connectivity index (χ4v) is 9.65. The molecule has 11 rings (SSSR count). The minimum absolute atomic E-state index is 0. The van der Waals surface area contributed by atoms with Gasteiger partial charge in [0.25, 0.3) is 0 Å². The van der Waals surface area contributed by atoms with Gasteiger partial charge in [0.05, 0.1) is 6.85 Å². The van der Waals surface area contributed by atoms with Gasteiger partial charge in [0.1, 0.15) is 0 Å². The SMILES string of the molecule is [2H]c1c([2H])c([2H])c(-c2c[c-]c(-n3c4[c-]c(Oc5[c-]c(N6[CH-]N(c7c(-c8ccccc8)cc(C(C)(C)C)cc7-c7cc(C(C)(C)C)cc(C(C)(C)C)c7)c7ccccc76)ccc5)ccc4c4ccccc43)cc2C([2H])([2H])[2H])c([2H])c1[2H].[Pt+4]. The summed E-state index contributed by atoms with van der Waals surface area (Å²) < 4.78 is 76.5. The first-order valence-electron chi connectivity index (χ1n) is 28.5. The molecule has 4 nitrogen and oxygen atoms in total. The Balaban J connectivity index is 0.00000736. The summed E-state index contributed by atoms with van der Waals surface area (Å²) in [4.78, 5) is 4.48. The summed E-state index contributed by atoms with van der Waals surface area (Å²) in [6.07, 6.45) is 0. The first-order chi connectivity index (χ1) is 37.8. The predicted molar refractivity (Wildman–Crippen MR) is 302 cm³/mol. The monoisotopic (exact) mass is 1140 g/mol. The van der Waals surface area contributed by atoms with Crippen LogP contribution in [0.5, 0.6) is 11.5 Å². The Kier molecular flexibility index (Phi) is 10.5. The molecule has 73 heavy (non-hydrogen) atoms. The van der Waals surface area contributed by atoms with Gasteiger partial charge in [-0.1, -0.05) is 195 Å². The molecule has 0 unspecified atom stereocenters. The van der Waals surface area contributed by atoms with Crippen LogP contribution in [0.1, 0.15) is 95.5 Å². The zero-order valence-electron chi connectivity index (χ0n) is 50.6. The summed E-state index contributed by atoms with van der Waals surface area (Å²) in [5, 5.41) is 1.71. The van der Waals surface area contributed by atoms with E-state index in [1.165, 1.54) is 28.8 Å². The molecule has 0 aliphatic carbocycles. The second kappa shape index (κ2) is 19.0. The average Bonchev–Trinajstić information content (AvgIpc) is 4.21. The molecule has 364 valence electrons. The molecule has 1 aromatic heterocycles. The van der Waals surface area contributed by atoms with Crippen molar-refractivity contribution in [3.05, 3.63) is 229 Å². The maximum Gasteiger partial charge on any atom is 4.00 e. The largest absolute Gasteiger partial charge is 4.00 e. The van der Waals surface area contributed by atoms with Crippen molar-refractivity contribution >= 4 is 44.6 Å². The van der Waals surface area contributed by atoms with E-state index in [1.807, 2.05) is 59.2 Å². The van der Waals surface area contributed by atoms with E-state index in [0.717, 1.165) is 61.3 Å². The molecule has 9 aromatic carbocycles. The number of hydrogen-bond acceptors (Lipinski definition) is 3. The van der Waals surface area contributed by atoms with Crippen LogP contribution in [0.15, 0.2) is 182 Å². The van der Waals surface area contributed by atoms with Crippen LogP contribution in [0.2, 0.25) is 0 Å². The van der Waals surface area contributed by atoms with E-state index in [4.69, 9.17) is 15.7 Å². The van der Waals surface area contributed by atoms with Crippen molar-refractivity contribution in [2.24, 2.45) is 0 Å². The topological polar surface area (TPSA) is 20.6 Å². The van der Waals surface area contributed by atoms with E-state index in [2.05, 4.69) is 182 Å². The Morgan fingerprint density at radius 3 is 1.82 bits per heavy atom. The van der Waals surface area contributed by atoms with Crippen molar-refractivity contribution in [1.82, 2.24) is 4.57 Å². The van der Waals surface area contributed by atoms with Crippen LogP contribution in [0, 0.1) is 31.7 Å². The van der Waals surface area contributed by atoms with Crippen molar-refractivity contribution in [2.45, 2.75) is 85.4 Å². The third kappa shape index (κ3) is 9.43. The Morgan fingerprint density at radius 2 is 1.14 bits per heavy atom. The number of aromatic nitrogens is 1. The fraction of sp³-hybridized carbons (Fsp3) is 0.191. The van der Waals surface area contributed by atoms with Gasteiger partial charge in [-0.05, 0) is 79.8 Å². The van der Waals surface area contributed by atoms with Crippen LogP contribution in [0.3, 0.4) is 0 Å². The van der Waals surface area contributed by atoms with Crippen molar-refractivity contribution in [2.75, 3.05) is 9.80 Å². The van der Waals surface area contributed by atoms with Crippen LogP contribution in [0.4, 0.5) is 22.7 Å². The van der Waals surface area contributed by atoms with Gasteiger partial charge in [0.2, 0.25) is 0 Å². The first-order valence-corrected chi connectivity index (χ1v) is 24.5. The van der Waals surface area contributed by atoms with Gasteiger partial charge in [-0.2, -0.15) is 29.8 Å². The Labute approximate surface area is 458 Å². The molecular formula is C68H61N3OPt. The molecule has 1 aliphatic heterocycles. The molecular weight excluding hydrogens is 1070 g/mol. The molecule has 0 radical (unpaired) electrons. The van der Waals surface area contributed by atoms with Gasteiger partial charge in [0, 0.05) is 49.3 Å². The van der Waals surface area contributed by atoms with E-state index in [0.29, 0.717) is 22.7 Å². The molecule has 2 heterocycles. The van der Waals surface area contributed by atoms with E-state index in [9.17, 15) is 0 Å². The van der Waals surface area contributed by atoms with Gasteiger partial charge >= 0.3 is 21.1 Å². The van der Waals surface area contributed by atoms with Crippen LogP contribution in [0.25, 0.3) is 60.9 Å². The van der Waals surface area contributed by atoms with E-state index in [-0.39, 0.29) is 54.0 Å². The van der Waals surface area contributed by atoms with Gasteiger partial charge in [-0.25, -0.2) is 0 Å². The molecule has 10 aromatic rings. The van der Waals surface area contributed by atoms with Crippen LogP contribution in [-0.2, 0) is 37.3 Å². The number of para-hydroxylation sites is 3. The van der Waals surface area contributed by atoms with Crippen molar-refractivity contribution in [3.63, 3.8) is 0 Å². The maximum absolute atomic E-state index is 8.67. The minimum atomic E-state index is -2.73. The summed E-state index contributed by atoms with van der Waals surface area (Å²) in [5.41, 5.74) is 13.0. The zero-order valence-corrected chi connectivity index (χ0v) is 44.8. The standard InChI is InChI=1S/C68H61N3O.Pt/c1-45-36-53(32-34-56(45)46-22-13-11-14-23-46)71-61-29-18-17-28-57(61)58-35-33-55(43-64(58)71)72-54-27-21-26-52(42-54)69-44-70(63-31-20-19-30-62(63)69)65-59(47-24-15-12-16-25-47)40-51(68(8,9)10)41-60(65)48-37-49(66(2,3)4)39-50(38-48)67(5,6)7;/h11-31,33-41,44H,1-10H3;/q-4;+4/i1D3,11D,13D,14D,22D,23D;. The fourth-order valence-electron chi connectivity index (χ4n) is 9.65.